The van der Waals surface area contributed by atoms with Gasteiger partial charge in [-0.2, -0.15) is 0 Å². The van der Waals surface area contributed by atoms with Crippen molar-refractivity contribution in [3.05, 3.63) is 23.8 Å². The molecule has 3 rings (SSSR count). The van der Waals surface area contributed by atoms with Crippen LogP contribution in [0.3, 0.4) is 0 Å². The molecule has 1 N–H and O–H groups in total. The molecule has 2 atom stereocenters. The molecule has 0 unspecified atom stereocenters. The maximum Gasteiger partial charge on any atom is 0.124 e. The summed E-state index contributed by atoms with van der Waals surface area (Å²) >= 11 is 0. The lowest BCUT2D eigenvalue weighted by Gasteiger charge is -2.28. The number of fused-ring (bicyclic) bond motifs is 3. The number of rotatable bonds is 1. The van der Waals surface area contributed by atoms with E-state index in [4.69, 9.17) is 4.74 Å². The molecule has 2 aliphatic heterocycles. The van der Waals surface area contributed by atoms with Gasteiger partial charge in [-0.25, -0.2) is 0 Å². The highest BCUT2D eigenvalue weighted by Crippen LogP contribution is 2.51. The van der Waals surface area contributed by atoms with Crippen LogP contribution in [0, 0.1) is 0 Å². The first-order valence-corrected chi connectivity index (χ1v) is 5.82. The Morgan fingerprint density at radius 1 is 1.50 bits per heavy atom. The van der Waals surface area contributed by atoms with Crippen molar-refractivity contribution in [3.8, 4) is 5.75 Å². The van der Waals surface area contributed by atoms with Crippen molar-refractivity contribution >= 4 is 5.69 Å². The monoisotopic (exact) mass is 218 g/mol. The summed E-state index contributed by atoms with van der Waals surface area (Å²) in [5.74, 6) is 1.03. The number of nitrogens with one attached hydrogen (secondary N) is 1. The molecule has 2 heterocycles. The molecule has 3 heteroatoms. The van der Waals surface area contributed by atoms with Crippen LogP contribution in [-0.4, -0.2) is 26.9 Å². The molecule has 1 aromatic rings. The highest BCUT2D eigenvalue weighted by atomic mass is 16.5. The molecule has 0 saturated carbocycles. The number of benzene rings is 1. The van der Waals surface area contributed by atoms with E-state index < -0.39 is 0 Å². The standard InChI is InChI=1S/C13H18N2O/c1-13-7-8-14-12(13)15(2)9-5-4-6-10(16-3)11(9)13/h4-6,12,14H,7-8H2,1-3H3/t12-,13+/m0/s1. The van der Waals surface area contributed by atoms with Crippen LogP contribution in [0.5, 0.6) is 5.75 Å². The SMILES string of the molecule is COc1cccc2c1[C@@]1(C)CCN[C@H]1N2C. The lowest BCUT2D eigenvalue weighted by Crippen LogP contribution is -2.44. The Kier molecular flexibility index (Phi) is 1.96. The summed E-state index contributed by atoms with van der Waals surface area (Å²) in [5.41, 5.74) is 2.87. The Labute approximate surface area is 96.4 Å². The number of hydrogen-bond donors (Lipinski definition) is 1. The molecule has 0 amide bonds. The lowest BCUT2D eigenvalue weighted by atomic mass is 9.81. The van der Waals surface area contributed by atoms with Crippen LogP contribution in [0.2, 0.25) is 0 Å². The molecule has 1 saturated heterocycles. The van der Waals surface area contributed by atoms with Crippen LogP contribution >= 0.6 is 0 Å². The molecule has 16 heavy (non-hydrogen) atoms. The molecule has 1 fully saturated rings. The maximum atomic E-state index is 5.52. The summed E-state index contributed by atoms with van der Waals surface area (Å²) < 4.78 is 5.52. The third-order valence-electron chi connectivity index (χ3n) is 4.15. The van der Waals surface area contributed by atoms with Gasteiger partial charge in [0.25, 0.3) is 0 Å². The Hall–Kier alpha value is -1.22. The number of ether oxygens (including phenoxy) is 1. The van der Waals surface area contributed by atoms with Gasteiger partial charge in [-0.15, -0.1) is 0 Å². The van der Waals surface area contributed by atoms with Gasteiger partial charge in [0.1, 0.15) is 5.75 Å². The minimum Gasteiger partial charge on any atom is -0.496 e. The highest BCUT2D eigenvalue weighted by molar-refractivity contribution is 5.69. The van der Waals surface area contributed by atoms with Crippen LogP contribution in [0.15, 0.2) is 18.2 Å². The average molecular weight is 218 g/mol. The van der Waals surface area contributed by atoms with E-state index in [1.54, 1.807) is 7.11 Å². The zero-order chi connectivity index (χ0) is 11.3. The Balaban J connectivity index is 2.23. The summed E-state index contributed by atoms with van der Waals surface area (Å²) in [5, 5.41) is 3.58. The number of hydrogen-bond acceptors (Lipinski definition) is 3. The first-order valence-electron chi connectivity index (χ1n) is 5.82. The third kappa shape index (κ3) is 1.02. The van der Waals surface area contributed by atoms with Gasteiger partial charge in [0.05, 0.1) is 13.3 Å². The molecule has 86 valence electrons. The zero-order valence-corrected chi connectivity index (χ0v) is 10.1. The van der Waals surface area contributed by atoms with Gasteiger partial charge in [-0.05, 0) is 25.1 Å². The first-order chi connectivity index (χ1) is 7.68. The Morgan fingerprint density at radius 2 is 2.31 bits per heavy atom. The molecule has 2 aliphatic rings. The quantitative estimate of drug-likeness (QED) is 0.777. The average Bonchev–Trinajstić information content (AvgIpc) is 2.77. The van der Waals surface area contributed by atoms with Crippen molar-refractivity contribution in [3.63, 3.8) is 0 Å². The van der Waals surface area contributed by atoms with E-state index in [0.717, 1.165) is 12.3 Å². The summed E-state index contributed by atoms with van der Waals surface area (Å²) in [7, 11) is 3.92. The second-order valence-corrected chi connectivity index (χ2v) is 4.99. The topological polar surface area (TPSA) is 24.5 Å². The van der Waals surface area contributed by atoms with Crippen molar-refractivity contribution in [1.29, 1.82) is 0 Å². The molecule has 0 aliphatic carbocycles. The predicted octanol–water partition coefficient (Wildman–Crippen LogP) is 1.72. The number of likely N-dealkylation sites (N-methyl/N-ethyl adjacent to an activating group) is 1. The number of nitrogens with zero attached hydrogens (tertiary/aromatic N) is 1. The molecular formula is C13H18N2O. The lowest BCUT2D eigenvalue weighted by molar-refractivity contribution is 0.379. The molecule has 0 aromatic heterocycles. The van der Waals surface area contributed by atoms with Crippen LogP contribution in [0.4, 0.5) is 5.69 Å². The van der Waals surface area contributed by atoms with Crippen molar-refractivity contribution in [1.82, 2.24) is 5.32 Å². The second-order valence-electron chi connectivity index (χ2n) is 4.99. The van der Waals surface area contributed by atoms with Crippen LogP contribution in [0.25, 0.3) is 0 Å². The molecule has 3 nitrogen and oxygen atoms in total. The molecular weight excluding hydrogens is 200 g/mol. The van der Waals surface area contributed by atoms with Crippen LogP contribution in [0.1, 0.15) is 18.9 Å². The minimum atomic E-state index is 0.191. The van der Waals surface area contributed by atoms with Gasteiger partial charge in [-0.3, -0.25) is 5.32 Å². The summed E-state index contributed by atoms with van der Waals surface area (Å²) in [6.45, 7) is 3.42. The fourth-order valence-corrected chi connectivity index (χ4v) is 3.35. The van der Waals surface area contributed by atoms with Crippen molar-refractivity contribution in [2.45, 2.75) is 24.9 Å². The molecule has 0 spiro atoms. The summed E-state index contributed by atoms with van der Waals surface area (Å²) in [6, 6.07) is 6.32. The van der Waals surface area contributed by atoms with Crippen molar-refractivity contribution < 1.29 is 4.74 Å². The van der Waals surface area contributed by atoms with E-state index in [9.17, 15) is 0 Å². The maximum absolute atomic E-state index is 5.52. The smallest absolute Gasteiger partial charge is 0.124 e. The third-order valence-corrected chi connectivity index (χ3v) is 4.15. The van der Waals surface area contributed by atoms with Crippen molar-refractivity contribution in [2.24, 2.45) is 0 Å². The van der Waals surface area contributed by atoms with Gasteiger partial charge in [-0.1, -0.05) is 13.0 Å². The molecule has 0 bridgehead atoms. The highest BCUT2D eigenvalue weighted by Gasteiger charge is 2.50. The van der Waals surface area contributed by atoms with Crippen LogP contribution < -0.4 is 15.0 Å². The van der Waals surface area contributed by atoms with Crippen LogP contribution in [-0.2, 0) is 5.41 Å². The molecule has 0 radical (unpaired) electrons. The predicted molar refractivity (Wildman–Crippen MR) is 65.2 cm³/mol. The summed E-state index contributed by atoms with van der Waals surface area (Å²) in [6.07, 6.45) is 1.59. The second kappa shape index (κ2) is 3.14. The Morgan fingerprint density at radius 3 is 3.06 bits per heavy atom. The normalized spacial score (nSPS) is 31.4. The number of anilines is 1. The first kappa shape index (κ1) is 9.97. The summed E-state index contributed by atoms with van der Waals surface area (Å²) in [4.78, 5) is 2.34. The van der Waals surface area contributed by atoms with E-state index in [0.29, 0.717) is 6.17 Å². The minimum absolute atomic E-state index is 0.191. The zero-order valence-electron chi connectivity index (χ0n) is 10.1. The van der Waals surface area contributed by atoms with Gasteiger partial charge in [0.15, 0.2) is 0 Å². The van der Waals surface area contributed by atoms with Gasteiger partial charge < -0.3 is 9.64 Å². The van der Waals surface area contributed by atoms with E-state index in [1.165, 1.54) is 17.7 Å². The van der Waals surface area contributed by atoms with Gasteiger partial charge in [0.2, 0.25) is 0 Å². The fourth-order valence-electron chi connectivity index (χ4n) is 3.35. The molecule has 1 aromatic carbocycles. The van der Waals surface area contributed by atoms with Crippen molar-refractivity contribution in [2.75, 3.05) is 25.6 Å². The van der Waals surface area contributed by atoms with E-state index in [1.807, 2.05) is 0 Å². The van der Waals surface area contributed by atoms with Gasteiger partial charge >= 0.3 is 0 Å². The van der Waals surface area contributed by atoms with E-state index >= 15 is 0 Å². The number of methoxy groups -OCH3 is 1. The van der Waals surface area contributed by atoms with E-state index in [-0.39, 0.29) is 5.41 Å². The fraction of sp³-hybridized carbons (Fsp3) is 0.538. The Bertz CT molecular complexity index is 432. The largest absolute Gasteiger partial charge is 0.496 e. The van der Waals surface area contributed by atoms with E-state index in [2.05, 4.69) is 42.4 Å². The van der Waals surface area contributed by atoms with Gasteiger partial charge in [0, 0.05) is 23.7 Å².